The molecule has 0 fully saturated rings. The number of methoxy groups -OCH3 is 1. The van der Waals surface area contributed by atoms with E-state index < -0.39 is 0 Å². The summed E-state index contributed by atoms with van der Waals surface area (Å²) in [5, 5.41) is 2.99. The molecule has 3 N–H and O–H groups in total. The first kappa shape index (κ1) is 19.3. The molecular weight excluding hydrogens is 330 g/mol. The van der Waals surface area contributed by atoms with Crippen LogP contribution in [0.25, 0.3) is 0 Å². The molecule has 6 heteroatoms. The van der Waals surface area contributed by atoms with E-state index in [0.29, 0.717) is 17.9 Å². The quantitative estimate of drug-likeness (QED) is 0.636. The summed E-state index contributed by atoms with van der Waals surface area (Å²) < 4.78 is 5.22. The highest BCUT2D eigenvalue weighted by atomic mass is 16.5. The van der Waals surface area contributed by atoms with Gasteiger partial charge in [-0.3, -0.25) is 20.4 Å². The summed E-state index contributed by atoms with van der Waals surface area (Å²) >= 11 is 0. The van der Waals surface area contributed by atoms with Gasteiger partial charge in [-0.2, -0.15) is 0 Å². The van der Waals surface area contributed by atoms with Crippen LogP contribution < -0.4 is 20.9 Å². The summed E-state index contributed by atoms with van der Waals surface area (Å²) in [5.74, 6) is -0.198. The Hall–Kier alpha value is -3.02. The zero-order valence-electron chi connectivity index (χ0n) is 15.1. The molecule has 2 rings (SSSR count). The monoisotopic (exact) mass is 355 g/mol. The van der Waals surface area contributed by atoms with E-state index in [9.17, 15) is 9.59 Å². The third-order valence-corrected chi connectivity index (χ3v) is 3.97. The van der Waals surface area contributed by atoms with Crippen LogP contribution in [-0.4, -0.2) is 25.5 Å². The van der Waals surface area contributed by atoms with Crippen molar-refractivity contribution in [2.24, 2.45) is 0 Å². The number of hydrogen-bond acceptors (Lipinski definition) is 4. The van der Waals surface area contributed by atoms with E-state index >= 15 is 0 Å². The fourth-order valence-corrected chi connectivity index (χ4v) is 2.65. The summed E-state index contributed by atoms with van der Waals surface area (Å²) in [4.78, 5) is 24.5. The van der Waals surface area contributed by atoms with Crippen molar-refractivity contribution in [3.63, 3.8) is 0 Å². The fourth-order valence-electron chi connectivity index (χ4n) is 2.65. The molecule has 0 aliphatic carbocycles. The molecule has 138 valence electrons. The van der Waals surface area contributed by atoms with E-state index in [4.69, 9.17) is 4.74 Å². The number of ether oxygens (including phenoxy) is 1. The normalized spacial score (nSPS) is 11.3. The summed E-state index contributed by atoms with van der Waals surface area (Å²) in [6, 6.07) is 16.9. The van der Waals surface area contributed by atoms with E-state index in [0.717, 1.165) is 12.0 Å². The Bertz CT molecular complexity index is 719. The number of nitrogens with one attached hydrogen (secondary N) is 3. The van der Waals surface area contributed by atoms with Gasteiger partial charge in [0.05, 0.1) is 25.3 Å². The number of hydrogen-bond donors (Lipinski definition) is 3. The van der Waals surface area contributed by atoms with Gasteiger partial charge in [0.25, 0.3) is 5.91 Å². The molecule has 0 saturated carbocycles. The van der Waals surface area contributed by atoms with Crippen LogP contribution in [0, 0.1) is 0 Å². The number of benzene rings is 2. The largest absolute Gasteiger partial charge is 0.495 e. The molecule has 6 nitrogen and oxygen atoms in total. The Labute approximate surface area is 153 Å². The number of carbonyl (C=O) groups excluding carboxylic acids is 2. The Kier molecular flexibility index (Phi) is 7.49. The highest BCUT2D eigenvalue weighted by Gasteiger charge is 2.19. The van der Waals surface area contributed by atoms with Gasteiger partial charge in [0.2, 0.25) is 5.91 Å². The van der Waals surface area contributed by atoms with Gasteiger partial charge in [-0.1, -0.05) is 55.8 Å². The molecule has 0 bridgehead atoms. The van der Waals surface area contributed by atoms with Gasteiger partial charge in [0.15, 0.2) is 0 Å². The van der Waals surface area contributed by atoms with Crippen molar-refractivity contribution in [2.75, 3.05) is 19.0 Å². The van der Waals surface area contributed by atoms with Crippen LogP contribution in [-0.2, 0) is 9.59 Å². The van der Waals surface area contributed by atoms with Crippen LogP contribution in [0.2, 0.25) is 0 Å². The Morgan fingerprint density at radius 3 is 2.38 bits per heavy atom. The average Bonchev–Trinajstić information content (AvgIpc) is 2.69. The molecule has 26 heavy (non-hydrogen) atoms. The van der Waals surface area contributed by atoms with Crippen molar-refractivity contribution in [2.45, 2.75) is 25.7 Å². The number of rotatable bonds is 8. The van der Waals surface area contributed by atoms with Crippen molar-refractivity contribution >= 4 is 17.5 Å². The summed E-state index contributed by atoms with van der Waals surface area (Å²) in [5.41, 5.74) is 6.63. The number of amides is 2. The van der Waals surface area contributed by atoms with Gasteiger partial charge in [-0.25, -0.2) is 0 Å². The molecule has 0 spiro atoms. The number of para-hydroxylation sites is 2. The SMILES string of the molecule is CCCC(C(=O)NNC(=O)CNc1ccccc1OC)c1ccccc1. The molecule has 0 aliphatic heterocycles. The lowest BCUT2D eigenvalue weighted by Gasteiger charge is -2.17. The highest BCUT2D eigenvalue weighted by Crippen LogP contribution is 2.22. The molecule has 2 amide bonds. The molecule has 0 heterocycles. The maximum atomic E-state index is 12.4. The predicted octanol–water partition coefficient (Wildman–Crippen LogP) is 2.84. The minimum absolute atomic E-state index is 0.0183. The van der Waals surface area contributed by atoms with E-state index in [1.54, 1.807) is 13.2 Å². The molecule has 1 unspecified atom stereocenters. The van der Waals surface area contributed by atoms with Gasteiger partial charge in [0.1, 0.15) is 5.75 Å². The van der Waals surface area contributed by atoms with Crippen LogP contribution >= 0.6 is 0 Å². The first-order valence-electron chi connectivity index (χ1n) is 8.66. The first-order chi connectivity index (χ1) is 12.7. The fraction of sp³-hybridized carbons (Fsp3) is 0.300. The standard InChI is InChI=1S/C20H25N3O3/c1-3-9-16(15-10-5-4-6-11-15)20(25)23-22-19(24)14-21-17-12-7-8-13-18(17)26-2/h4-8,10-13,16,21H,3,9,14H2,1-2H3,(H,22,24)(H,23,25). The molecule has 2 aromatic carbocycles. The van der Waals surface area contributed by atoms with Gasteiger partial charge < -0.3 is 10.1 Å². The van der Waals surface area contributed by atoms with Crippen molar-refractivity contribution in [3.8, 4) is 5.75 Å². The minimum Gasteiger partial charge on any atom is -0.495 e. The maximum Gasteiger partial charge on any atom is 0.257 e. The predicted molar refractivity (Wildman–Crippen MR) is 102 cm³/mol. The Balaban J connectivity index is 1.86. The molecular formula is C20H25N3O3. The highest BCUT2D eigenvalue weighted by molar-refractivity contribution is 5.87. The maximum absolute atomic E-state index is 12.4. The van der Waals surface area contributed by atoms with Crippen molar-refractivity contribution < 1.29 is 14.3 Å². The van der Waals surface area contributed by atoms with E-state index in [1.165, 1.54) is 0 Å². The number of carbonyl (C=O) groups is 2. The smallest absolute Gasteiger partial charge is 0.257 e. The van der Waals surface area contributed by atoms with Gasteiger partial charge in [-0.05, 0) is 24.1 Å². The Morgan fingerprint density at radius 2 is 1.69 bits per heavy atom. The van der Waals surface area contributed by atoms with E-state index in [1.807, 2.05) is 55.5 Å². The lowest BCUT2D eigenvalue weighted by atomic mass is 9.94. The first-order valence-corrected chi connectivity index (χ1v) is 8.66. The molecule has 1 atom stereocenters. The van der Waals surface area contributed by atoms with Crippen LogP contribution in [0.15, 0.2) is 54.6 Å². The zero-order valence-corrected chi connectivity index (χ0v) is 15.1. The second-order valence-corrected chi connectivity index (χ2v) is 5.84. The van der Waals surface area contributed by atoms with Crippen LogP contribution in [0.5, 0.6) is 5.75 Å². The summed E-state index contributed by atoms with van der Waals surface area (Å²) in [6.45, 7) is 2.05. The third kappa shape index (κ3) is 5.51. The summed E-state index contributed by atoms with van der Waals surface area (Å²) in [6.07, 6.45) is 1.58. The Morgan fingerprint density at radius 1 is 1.00 bits per heavy atom. The summed E-state index contributed by atoms with van der Waals surface area (Å²) in [7, 11) is 1.57. The second kappa shape index (κ2) is 10.1. The molecule has 0 aliphatic rings. The topological polar surface area (TPSA) is 79.5 Å². The lowest BCUT2D eigenvalue weighted by molar-refractivity contribution is -0.129. The minimum atomic E-state index is -0.340. The van der Waals surface area contributed by atoms with Crippen molar-refractivity contribution in [3.05, 3.63) is 60.2 Å². The molecule has 0 aromatic heterocycles. The van der Waals surface area contributed by atoms with Crippen LogP contribution in [0.3, 0.4) is 0 Å². The molecule has 0 radical (unpaired) electrons. The van der Waals surface area contributed by atoms with Crippen molar-refractivity contribution in [1.82, 2.24) is 10.9 Å². The zero-order chi connectivity index (χ0) is 18.8. The number of hydrazine groups is 1. The third-order valence-electron chi connectivity index (χ3n) is 3.97. The van der Waals surface area contributed by atoms with E-state index in [2.05, 4.69) is 16.2 Å². The van der Waals surface area contributed by atoms with Crippen LogP contribution in [0.1, 0.15) is 31.2 Å². The number of anilines is 1. The lowest BCUT2D eigenvalue weighted by Crippen LogP contribution is -2.46. The second-order valence-electron chi connectivity index (χ2n) is 5.84. The van der Waals surface area contributed by atoms with E-state index in [-0.39, 0.29) is 24.3 Å². The van der Waals surface area contributed by atoms with Gasteiger partial charge in [-0.15, -0.1) is 0 Å². The van der Waals surface area contributed by atoms with Gasteiger partial charge in [0, 0.05) is 0 Å². The van der Waals surface area contributed by atoms with Crippen LogP contribution in [0.4, 0.5) is 5.69 Å². The van der Waals surface area contributed by atoms with Crippen molar-refractivity contribution in [1.29, 1.82) is 0 Å². The molecule has 0 saturated heterocycles. The molecule has 2 aromatic rings. The van der Waals surface area contributed by atoms with Gasteiger partial charge >= 0.3 is 0 Å². The average molecular weight is 355 g/mol.